The van der Waals surface area contributed by atoms with E-state index < -0.39 is 5.41 Å². The molecule has 1 aromatic carbocycles. The average molecular weight is 291 g/mol. The Bertz CT molecular complexity index is 608. The fourth-order valence-electron chi connectivity index (χ4n) is 2.32. The van der Waals surface area contributed by atoms with Gasteiger partial charge in [-0.1, -0.05) is 37.3 Å². The minimum absolute atomic E-state index is 0.0262. The number of aromatic nitrogens is 1. The smallest absolute Gasteiger partial charge is 0.233 e. The Hall–Kier alpha value is -1.46. The first-order valence-electron chi connectivity index (χ1n) is 6.94. The van der Waals surface area contributed by atoms with Gasteiger partial charge in [-0.25, -0.2) is 4.98 Å². The average Bonchev–Trinajstić information content (AvgIpc) is 2.85. The van der Waals surface area contributed by atoms with Crippen LogP contribution in [0.4, 0.5) is 5.13 Å². The standard InChI is InChI=1S/C15H21N3OS/c1-4-15(5-2,9-16)13(19)18-14-17-12-10(3)7-6-8-11(12)20-14/h6-8H,4-5,9,16H2,1-3H3,(H,17,18,19). The zero-order valence-electron chi connectivity index (χ0n) is 12.2. The normalized spacial score (nSPS) is 11.8. The molecule has 0 atom stereocenters. The van der Waals surface area contributed by atoms with Crippen molar-refractivity contribution in [2.45, 2.75) is 33.6 Å². The molecule has 2 rings (SSSR count). The molecule has 0 aliphatic heterocycles. The van der Waals surface area contributed by atoms with Gasteiger partial charge >= 0.3 is 0 Å². The number of thiazole rings is 1. The van der Waals surface area contributed by atoms with Crippen LogP contribution in [0.3, 0.4) is 0 Å². The van der Waals surface area contributed by atoms with Gasteiger partial charge in [0.05, 0.1) is 15.6 Å². The number of hydrogen-bond donors (Lipinski definition) is 2. The van der Waals surface area contributed by atoms with Crippen molar-refractivity contribution in [3.63, 3.8) is 0 Å². The highest BCUT2D eigenvalue weighted by Gasteiger charge is 2.33. The summed E-state index contributed by atoms with van der Waals surface area (Å²) in [5, 5.41) is 3.59. The SMILES string of the molecule is CCC(CC)(CN)C(=O)Nc1nc2c(C)cccc2s1. The predicted molar refractivity (Wildman–Crippen MR) is 85.1 cm³/mol. The minimum Gasteiger partial charge on any atom is -0.329 e. The molecule has 0 fully saturated rings. The van der Waals surface area contributed by atoms with Crippen molar-refractivity contribution in [1.29, 1.82) is 0 Å². The van der Waals surface area contributed by atoms with Crippen LogP contribution in [0.15, 0.2) is 18.2 Å². The van der Waals surface area contributed by atoms with Crippen LogP contribution in [0.5, 0.6) is 0 Å². The first-order valence-corrected chi connectivity index (χ1v) is 7.75. The van der Waals surface area contributed by atoms with Crippen molar-refractivity contribution in [3.8, 4) is 0 Å². The van der Waals surface area contributed by atoms with E-state index in [0.717, 1.165) is 28.6 Å². The number of rotatable bonds is 5. The summed E-state index contributed by atoms with van der Waals surface area (Å²) in [5.41, 5.74) is 7.39. The van der Waals surface area contributed by atoms with Crippen molar-refractivity contribution in [3.05, 3.63) is 23.8 Å². The van der Waals surface area contributed by atoms with Crippen LogP contribution < -0.4 is 11.1 Å². The Morgan fingerprint density at radius 3 is 2.65 bits per heavy atom. The van der Waals surface area contributed by atoms with Gasteiger partial charge in [-0.3, -0.25) is 4.79 Å². The number of nitrogens with one attached hydrogen (secondary N) is 1. The largest absolute Gasteiger partial charge is 0.329 e. The minimum atomic E-state index is -0.493. The van der Waals surface area contributed by atoms with E-state index >= 15 is 0 Å². The summed E-state index contributed by atoms with van der Waals surface area (Å²) in [7, 11) is 0. The van der Waals surface area contributed by atoms with Gasteiger partial charge in [0.25, 0.3) is 0 Å². The lowest BCUT2D eigenvalue weighted by molar-refractivity contribution is -0.125. The molecule has 1 heterocycles. The van der Waals surface area contributed by atoms with Gasteiger partial charge < -0.3 is 11.1 Å². The van der Waals surface area contributed by atoms with E-state index in [9.17, 15) is 4.79 Å². The maximum absolute atomic E-state index is 12.5. The number of carbonyl (C=O) groups excluding carboxylic acids is 1. The molecule has 4 nitrogen and oxygen atoms in total. The van der Waals surface area contributed by atoms with E-state index in [2.05, 4.69) is 10.3 Å². The van der Waals surface area contributed by atoms with Gasteiger partial charge in [-0.05, 0) is 31.4 Å². The van der Waals surface area contributed by atoms with Crippen molar-refractivity contribution in [1.82, 2.24) is 4.98 Å². The number of nitrogens with zero attached hydrogens (tertiary/aromatic N) is 1. The number of anilines is 1. The number of fused-ring (bicyclic) bond motifs is 1. The molecule has 20 heavy (non-hydrogen) atoms. The molecule has 0 unspecified atom stereocenters. The molecule has 1 amide bonds. The van der Waals surface area contributed by atoms with E-state index in [1.54, 1.807) is 0 Å². The number of para-hydroxylation sites is 1. The fourth-order valence-corrected chi connectivity index (χ4v) is 3.26. The Morgan fingerprint density at radius 1 is 1.40 bits per heavy atom. The Kier molecular flexibility index (Phi) is 4.40. The van der Waals surface area contributed by atoms with E-state index in [4.69, 9.17) is 5.73 Å². The molecule has 3 N–H and O–H groups in total. The predicted octanol–water partition coefficient (Wildman–Crippen LogP) is 3.31. The second-order valence-electron chi connectivity index (χ2n) is 5.09. The summed E-state index contributed by atoms with van der Waals surface area (Å²) in [6.45, 7) is 6.38. The van der Waals surface area contributed by atoms with E-state index in [1.165, 1.54) is 11.3 Å². The summed E-state index contributed by atoms with van der Waals surface area (Å²) in [5.74, 6) is -0.0262. The number of aryl methyl sites for hydroxylation is 1. The number of carbonyl (C=O) groups is 1. The topological polar surface area (TPSA) is 68.0 Å². The second kappa shape index (κ2) is 5.89. The van der Waals surface area contributed by atoms with Crippen LogP contribution in [0.2, 0.25) is 0 Å². The van der Waals surface area contributed by atoms with E-state index in [0.29, 0.717) is 11.7 Å². The molecule has 0 radical (unpaired) electrons. The van der Waals surface area contributed by atoms with E-state index in [-0.39, 0.29) is 5.91 Å². The van der Waals surface area contributed by atoms with E-state index in [1.807, 2.05) is 39.0 Å². The zero-order chi connectivity index (χ0) is 14.8. The molecule has 0 bridgehead atoms. The summed E-state index contributed by atoms with van der Waals surface area (Å²) in [6.07, 6.45) is 1.46. The monoisotopic (exact) mass is 291 g/mol. The zero-order valence-corrected chi connectivity index (χ0v) is 13.0. The molecule has 2 aromatic rings. The molecular weight excluding hydrogens is 270 g/mol. The maximum atomic E-state index is 12.5. The van der Waals surface area contributed by atoms with Crippen LogP contribution in [0.25, 0.3) is 10.2 Å². The second-order valence-corrected chi connectivity index (χ2v) is 6.12. The van der Waals surface area contributed by atoms with Crippen LogP contribution in [0.1, 0.15) is 32.3 Å². The van der Waals surface area contributed by atoms with Gasteiger partial charge in [-0.15, -0.1) is 0 Å². The number of hydrogen-bond acceptors (Lipinski definition) is 4. The molecule has 0 saturated carbocycles. The number of amides is 1. The molecule has 0 aliphatic rings. The fraction of sp³-hybridized carbons (Fsp3) is 0.467. The lowest BCUT2D eigenvalue weighted by atomic mass is 9.81. The highest BCUT2D eigenvalue weighted by Crippen LogP contribution is 2.31. The highest BCUT2D eigenvalue weighted by atomic mass is 32.1. The van der Waals surface area contributed by atoms with Gasteiger partial charge in [0.1, 0.15) is 0 Å². The highest BCUT2D eigenvalue weighted by molar-refractivity contribution is 7.22. The summed E-state index contributed by atoms with van der Waals surface area (Å²) < 4.78 is 1.09. The molecule has 1 aromatic heterocycles. The number of nitrogens with two attached hydrogens (primary N) is 1. The number of benzene rings is 1. The Morgan fingerprint density at radius 2 is 2.10 bits per heavy atom. The first kappa shape index (κ1) is 14.9. The van der Waals surface area contributed by atoms with Crippen molar-refractivity contribution >= 4 is 32.6 Å². The molecule has 0 spiro atoms. The summed E-state index contributed by atoms with van der Waals surface area (Å²) in [6, 6.07) is 6.05. The van der Waals surface area contributed by atoms with Crippen LogP contribution in [0, 0.1) is 12.3 Å². The Labute approximate surface area is 123 Å². The third-order valence-electron chi connectivity index (χ3n) is 4.07. The maximum Gasteiger partial charge on any atom is 0.233 e. The van der Waals surface area contributed by atoms with Gasteiger partial charge in [0.2, 0.25) is 5.91 Å². The molecule has 108 valence electrons. The van der Waals surface area contributed by atoms with Crippen LogP contribution in [-0.4, -0.2) is 17.4 Å². The molecular formula is C15H21N3OS. The van der Waals surface area contributed by atoms with Crippen molar-refractivity contribution in [2.75, 3.05) is 11.9 Å². The van der Waals surface area contributed by atoms with Gasteiger partial charge in [0, 0.05) is 6.54 Å². The van der Waals surface area contributed by atoms with Crippen molar-refractivity contribution < 1.29 is 4.79 Å². The third-order valence-corrected chi connectivity index (χ3v) is 5.00. The molecule has 5 heteroatoms. The summed E-state index contributed by atoms with van der Waals surface area (Å²) in [4.78, 5) is 17.0. The first-order chi connectivity index (χ1) is 9.56. The molecule has 0 saturated heterocycles. The quantitative estimate of drug-likeness (QED) is 0.888. The Balaban J connectivity index is 2.28. The van der Waals surface area contributed by atoms with Crippen LogP contribution >= 0.6 is 11.3 Å². The molecule has 0 aliphatic carbocycles. The van der Waals surface area contributed by atoms with Crippen LogP contribution in [-0.2, 0) is 4.79 Å². The van der Waals surface area contributed by atoms with Gasteiger partial charge in [-0.2, -0.15) is 0 Å². The van der Waals surface area contributed by atoms with Crippen molar-refractivity contribution in [2.24, 2.45) is 11.1 Å². The summed E-state index contributed by atoms with van der Waals surface area (Å²) >= 11 is 1.50. The lowest BCUT2D eigenvalue weighted by Gasteiger charge is -2.27. The van der Waals surface area contributed by atoms with Gasteiger partial charge in [0.15, 0.2) is 5.13 Å². The third kappa shape index (κ3) is 2.55. The lowest BCUT2D eigenvalue weighted by Crippen LogP contribution is -2.41.